The van der Waals surface area contributed by atoms with Crippen LogP contribution in [0, 0.1) is 0 Å². The van der Waals surface area contributed by atoms with Gasteiger partial charge in [-0.15, -0.1) is 0 Å². The highest BCUT2D eigenvalue weighted by Crippen LogP contribution is 2.49. The van der Waals surface area contributed by atoms with Gasteiger partial charge >= 0.3 is 5.97 Å². The van der Waals surface area contributed by atoms with Gasteiger partial charge in [-0.1, -0.05) is 30.3 Å². The third-order valence-corrected chi connectivity index (χ3v) is 4.19. The van der Waals surface area contributed by atoms with Gasteiger partial charge in [-0.25, -0.2) is 9.78 Å². The monoisotopic (exact) mass is 286 g/mol. The second kappa shape index (κ2) is 5.00. The van der Waals surface area contributed by atoms with Crippen molar-refractivity contribution in [3.8, 4) is 0 Å². The summed E-state index contributed by atoms with van der Waals surface area (Å²) in [5.74, 6) is -0.262. The Morgan fingerprint density at radius 3 is 2.57 bits per heavy atom. The van der Waals surface area contributed by atoms with Gasteiger partial charge in [0.25, 0.3) is 0 Å². The van der Waals surface area contributed by atoms with E-state index in [-0.39, 0.29) is 11.7 Å². The van der Waals surface area contributed by atoms with Gasteiger partial charge in [-0.05, 0) is 25.3 Å². The maximum atomic E-state index is 11.5. The molecular weight excluding hydrogens is 268 g/mol. The van der Waals surface area contributed by atoms with Crippen molar-refractivity contribution >= 4 is 5.97 Å². The molecule has 5 nitrogen and oxygen atoms in total. The van der Waals surface area contributed by atoms with Crippen LogP contribution in [0.4, 0.5) is 0 Å². The Hall–Kier alpha value is -2.14. The van der Waals surface area contributed by atoms with Crippen molar-refractivity contribution in [3.63, 3.8) is 0 Å². The lowest BCUT2D eigenvalue weighted by Gasteiger charge is -2.22. The molecule has 0 bridgehead atoms. The molecule has 0 saturated heterocycles. The summed E-state index contributed by atoms with van der Waals surface area (Å²) in [7, 11) is 1.65. The molecule has 0 aliphatic heterocycles. The lowest BCUT2D eigenvalue weighted by molar-refractivity contribution is 0.0636. The van der Waals surface area contributed by atoms with Crippen molar-refractivity contribution in [1.29, 1.82) is 0 Å². The summed E-state index contributed by atoms with van der Waals surface area (Å²) < 4.78 is 7.36. The first-order valence-corrected chi connectivity index (χ1v) is 7.00. The fraction of sp³-hybridized carbons (Fsp3) is 0.375. The van der Waals surface area contributed by atoms with Crippen molar-refractivity contribution in [2.24, 2.45) is 0 Å². The van der Waals surface area contributed by atoms with Crippen molar-refractivity contribution in [3.05, 3.63) is 53.6 Å². The summed E-state index contributed by atoms with van der Waals surface area (Å²) >= 11 is 0. The van der Waals surface area contributed by atoms with Crippen LogP contribution >= 0.6 is 0 Å². The molecule has 1 saturated carbocycles. The molecule has 1 aromatic heterocycles. The summed E-state index contributed by atoms with van der Waals surface area (Å²) in [6, 6.07) is 9.72. The molecule has 21 heavy (non-hydrogen) atoms. The zero-order chi connectivity index (χ0) is 15.0. The van der Waals surface area contributed by atoms with Gasteiger partial charge in [-0.2, -0.15) is 0 Å². The van der Waals surface area contributed by atoms with Gasteiger partial charge < -0.3 is 14.4 Å². The highest BCUT2D eigenvalue weighted by Gasteiger charge is 2.49. The van der Waals surface area contributed by atoms with E-state index in [0.29, 0.717) is 5.82 Å². The fourth-order valence-electron chi connectivity index (χ4n) is 2.76. The van der Waals surface area contributed by atoms with E-state index in [1.165, 1.54) is 6.20 Å². The predicted octanol–water partition coefficient (Wildman–Crippen LogP) is 2.83. The number of benzene rings is 1. The second-order valence-corrected chi connectivity index (χ2v) is 5.43. The van der Waals surface area contributed by atoms with E-state index in [2.05, 4.69) is 4.98 Å². The number of ether oxygens (including phenoxy) is 1. The number of carbonyl (C=O) groups is 1. The number of imidazole rings is 1. The van der Waals surface area contributed by atoms with Crippen LogP contribution in [0.2, 0.25) is 0 Å². The van der Waals surface area contributed by atoms with Crippen LogP contribution in [0.25, 0.3) is 0 Å². The molecule has 110 valence electrons. The van der Waals surface area contributed by atoms with E-state index in [9.17, 15) is 9.90 Å². The van der Waals surface area contributed by atoms with Crippen molar-refractivity contribution in [1.82, 2.24) is 9.55 Å². The normalized spacial score (nSPS) is 17.4. The molecule has 3 rings (SSSR count). The standard InChI is InChI=1S/C16H18N2O3/c1-11(12-6-4-3-5-7-12)18-13(14(19)20)10-17-15(18)16(21-2)8-9-16/h3-7,10-11H,8-9H2,1-2H3,(H,19,20). The highest BCUT2D eigenvalue weighted by molar-refractivity contribution is 5.85. The van der Waals surface area contributed by atoms with Gasteiger partial charge in [0, 0.05) is 7.11 Å². The van der Waals surface area contributed by atoms with E-state index in [4.69, 9.17) is 4.74 Å². The predicted molar refractivity (Wildman–Crippen MR) is 77.4 cm³/mol. The Labute approximate surface area is 123 Å². The summed E-state index contributed by atoms with van der Waals surface area (Å²) in [6.07, 6.45) is 3.18. The molecule has 2 aromatic rings. The molecule has 1 aromatic carbocycles. The Bertz CT molecular complexity index is 659. The number of hydrogen-bond acceptors (Lipinski definition) is 3. The van der Waals surface area contributed by atoms with Crippen LogP contribution in [0.3, 0.4) is 0 Å². The third-order valence-electron chi connectivity index (χ3n) is 4.19. The van der Waals surface area contributed by atoms with Crippen molar-refractivity contribution in [2.75, 3.05) is 7.11 Å². The van der Waals surface area contributed by atoms with Gasteiger partial charge in [0.05, 0.1) is 12.2 Å². The Morgan fingerprint density at radius 1 is 1.38 bits per heavy atom. The van der Waals surface area contributed by atoms with E-state index in [1.54, 1.807) is 11.7 Å². The molecule has 0 spiro atoms. The maximum Gasteiger partial charge on any atom is 0.354 e. The molecule has 1 unspecified atom stereocenters. The molecule has 1 fully saturated rings. The van der Waals surface area contributed by atoms with Crippen LogP contribution < -0.4 is 0 Å². The highest BCUT2D eigenvalue weighted by atomic mass is 16.5. The summed E-state index contributed by atoms with van der Waals surface area (Å²) in [6.45, 7) is 1.98. The summed E-state index contributed by atoms with van der Waals surface area (Å²) in [5.41, 5.74) is 0.826. The van der Waals surface area contributed by atoms with E-state index in [1.807, 2.05) is 37.3 Å². The van der Waals surface area contributed by atoms with Gasteiger partial charge in [0.15, 0.2) is 0 Å². The lowest BCUT2D eigenvalue weighted by atomic mass is 10.1. The molecule has 1 aliphatic rings. The Morgan fingerprint density at radius 2 is 2.05 bits per heavy atom. The van der Waals surface area contributed by atoms with Gasteiger partial charge in [0.1, 0.15) is 17.1 Å². The first-order chi connectivity index (χ1) is 10.1. The number of rotatable bonds is 5. The van der Waals surface area contributed by atoms with E-state index < -0.39 is 11.6 Å². The molecule has 1 N–H and O–H groups in total. The maximum absolute atomic E-state index is 11.5. The number of carboxylic acid groups (broad SMARTS) is 1. The molecule has 0 amide bonds. The Kier molecular flexibility index (Phi) is 3.29. The average molecular weight is 286 g/mol. The zero-order valence-electron chi connectivity index (χ0n) is 12.1. The van der Waals surface area contributed by atoms with Crippen LogP contribution in [-0.4, -0.2) is 27.7 Å². The first-order valence-electron chi connectivity index (χ1n) is 7.00. The van der Waals surface area contributed by atoms with Crippen molar-refractivity contribution < 1.29 is 14.6 Å². The Balaban J connectivity index is 2.11. The quantitative estimate of drug-likeness (QED) is 0.918. The van der Waals surface area contributed by atoms with Crippen LogP contribution in [0.15, 0.2) is 36.5 Å². The van der Waals surface area contributed by atoms with Crippen LogP contribution in [0.1, 0.15) is 47.7 Å². The number of carboxylic acids is 1. The van der Waals surface area contributed by atoms with Crippen LogP contribution in [0.5, 0.6) is 0 Å². The largest absolute Gasteiger partial charge is 0.477 e. The molecule has 1 heterocycles. The second-order valence-electron chi connectivity index (χ2n) is 5.43. The summed E-state index contributed by atoms with van der Waals surface area (Å²) in [4.78, 5) is 15.9. The van der Waals surface area contributed by atoms with Crippen LogP contribution in [-0.2, 0) is 10.3 Å². The SMILES string of the molecule is COC1(c2ncc(C(=O)O)n2C(C)c2ccccc2)CC1. The minimum atomic E-state index is -0.969. The first kappa shape index (κ1) is 13.8. The van der Waals surface area contributed by atoms with E-state index >= 15 is 0 Å². The molecule has 1 aliphatic carbocycles. The number of aromatic nitrogens is 2. The number of aromatic carboxylic acids is 1. The van der Waals surface area contributed by atoms with Gasteiger partial charge in [0.2, 0.25) is 0 Å². The van der Waals surface area contributed by atoms with Gasteiger partial charge in [-0.3, -0.25) is 0 Å². The van der Waals surface area contributed by atoms with Crippen molar-refractivity contribution in [2.45, 2.75) is 31.4 Å². The minimum absolute atomic E-state index is 0.109. The smallest absolute Gasteiger partial charge is 0.354 e. The number of nitrogens with zero attached hydrogens (tertiary/aromatic N) is 2. The molecule has 0 radical (unpaired) electrons. The molecule has 1 atom stereocenters. The summed E-state index contributed by atoms with van der Waals surface area (Å²) in [5, 5.41) is 9.43. The average Bonchev–Trinajstić information content (AvgIpc) is 3.17. The zero-order valence-corrected chi connectivity index (χ0v) is 12.1. The molecular formula is C16H18N2O3. The number of methoxy groups -OCH3 is 1. The minimum Gasteiger partial charge on any atom is -0.477 e. The third kappa shape index (κ3) is 2.23. The molecule has 5 heteroatoms. The fourth-order valence-corrected chi connectivity index (χ4v) is 2.76. The lowest BCUT2D eigenvalue weighted by Crippen LogP contribution is -2.22. The topological polar surface area (TPSA) is 64.3 Å². The number of hydrogen-bond donors (Lipinski definition) is 1. The van der Waals surface area contributed by atoms with E-state index in [0.717, 1.165) is 18.4 Å².